The van der Waals surface area contributed by atoms with E-state index in [9.17, 15) is 14.9 Å². The molecule has 56 heavy (non-hydrogen) atoms. The van der Waals surface area contributed by atoms with Crippen LogP contribution in [0.15, 0.2) is 56.9 Å². The highest BCUT2D eigenvalue weighted by Gasteiger charge is 2.14. The van der Waals surface area contributed by atoms with Gasteiger partial charge in [0, 0.05) is 37.6 Å². The highest BCUT2D eigenvalue weighted by Crippen LogP contribution is 2.32. The quantitative estimate of drug-likeness (QED) is 0.0693. The Morgan fingerprint density at radius 3 is 1.52 bits per heavy atom. The number of benzene rings is 2. The average molecular weight is 799 g/mol. The Kier molecular flexibility index (Phi) is 18.7. The Bertz CT molecular complexity index is 2060. The molecule has 0 aliphatic rings. The first-order chi connectivity index (χ1) is 27.0. The van der Waals surface area contributed by atoms with E-state index in [0.717, 1.165) is 59.8 Å². The summed E-state index contributed by atoms with van der Waals surface area (Å²) in [7, 11) is 0. The number of aromatic nitrogens is 2. The smallest absolute Gasteiger partial charge is 0.307 e. The van der Waals surface area contributed by atoms with Crippen molar-refractivity contribution in [3.8, 4) is 12.1 Å². The molecule has 0 unspecified atom stereocenters. The molecule has 296 valence electrons. The fraction of sp³-hybridized carbons (Fsp3) is 0.450. The molecule has 2 aromatic heterocycles. The van der Waals surface area contributed by atoms with Gasteiger partial charge >= 0.3 is 11.9 Å². The number of hydrogen-bond donors (Lipinski definition) is 0. The van der Waals surface area contributed by atoms with Crippen molar-refractivity contribution < 1.29 is 19.1 Å². The summed E-state index contributed by atoms with van der Waals surface area (Å²) in [6.45, 7) is 19.0. The van der Waals surface area contributed by atoms with Gasteiger partial charge in [-0.2, -0.15) is 19.3 Å². The molecule has 0 atom stereocenters. The number of unbranched alkanes of at least 4 members (excludes halogenated alkanes) is 1. The SMILES string of the molecule is CCCCN(CCC(=O)OCC)c1ccc(N=Nc2snc(C)c2C#N)c(C)c1.CCOC(=O)CCN(CC)c1ccc(N=Nc2snc(C)c2C#N)c(C)c1. The number of carbonyl (C=O) groups excluding carboxylic acids is 2. The van der Waals surface area contributed by atoms with Crippen molar-refractivity contribution in [2.24, 2.45) is 20.5 Å². The largest absolute Gasteiger partial charge is 0.466 e. The predicted molar refractivity (Wildman–Crippen MR) is 221 cm³/mol. The molecule has 0 amide bonds. The van der Waals surface area contributed by atoms with Gasteiger partial charge in [0.05, 0.1) is 48.8 Å². The summed E-state index contributed by atoms with van der Waals surface area (Å²) in [5.74, 6) is -0.365. The van der Waals surface area contributed by atoms with Crippen LogP contribution in [0.3, 0.4) is 0 Å². The van der Waals surface area contributed by atoms with Crippen LogP contribution < -0.4 is 9.80 Å². The maximum Gasteiger partial charge on any atom is 0.307 e. The zero-order chi connectivity index (χ0) is 41.0. The van der Waals surface area contributed by atoms with Crippen LogP contribution in [0.1, 0.15) is 87.0 Å². The van der Waals surface area contributed by atoms with Gasteiger partial charge in [-0.05, 0) is 125 Å². The van der Waals surface area contributed by atoms with E-state index in [1.165, 1.54) is 23.1 Å². The maximum absolute atomic E-state index is 11.7. The summed E-state index contributed by atoms with van der Waals surface area (Å²) in [5.41, 5.74) is 7.76. The van der Waals surface area contributed by atoms with Crippen LogP contribution in [0.25, 0.3) is 0 Å². The molecule has 4 rings (SSSR count). The highest BCUT2D eigenvalue weighted by molar-refractivity contribution is 7.10. The third kappa shape index (κ3) is 13.3. The third-order valence-electron chi connectivity index (χ3n) is 8.45. The lowest BCUT2D eigenvalue weighted by Gasteiger charge is -2.25. The molecule has 0 N–H and O–H groups in total. The molecule has 0 fully saturated rings. The molecule has 4 aromatic rings. The molecular formula is C40H50N10O4S2. The summed E-state index contributed by atoms with van der Waals surface area (Å²) in [5, 5.41) is 36.4. The van der Waals surface area contributed by atoms with Gasteiger partial charge in [-0.25, -0.2) is 0 Å². The molecule has 0 aliphatic carbocycles. The van der Waals surface area contributed by atoms with Crippen LogP contribution in [-0.4, -0.2) is 60.1 Å². The van der Waals surface area contributed by atoms with E-state index in [2.05, 4.69) is 64.1 Å². The topological polar surface area (TPSA) is 182 Å². The Balaban J connectivity index is 0.000000301. The van der Waals surface area contributed by atoms with Crippen molar-refractivity contribution in [2.75, 3.05) is 49.2 Å². The molecule has 0 aliphatic heterocycles. The number of nitriles is 2. The summed E-state index contributed by atoms with van der Waals surface area (Å²) < 4.78 is 18.3. The number of anilines is 2. The number of carbonyl (C=O) groups is 2. The zero-order valence-corrected chi connectivity index (χ0v) is 35.1. The van der Waals surface area contributed by atoms with Gasteiger partial charge in [0.15, 0.2) is 10.0 Å². The van der Waals surface area contributed by atoms with Gasteiger partial charge in [0.25, 0.3) is 0 Å². The summed E-state index contributed by atoms with van der Waals surface area (Å²) in [6.07, 6.45) is 2.84. The molecule has 0 saturated carbocycles. The number of aryl methyl sites for hydroxylation is 4. The summed E-state index contributed by atoms with van der Waals surface area (Å²) in [4.78, 5) is 27.6. The van der Waals surface area contributed by atoms with Gasteiger partial charge < -0.3 is 19.3 Å². The van der Waals surface area contributed by atoms with Gasteiger partial charge in [0.2, 0.25) is 0 Å². The van der Waals surface area contributed by atoms with E-state index in [-0.39, 0.29) is 11.9 Å². The number of esters is 2. The molecule has 2 heterocycles. The number of rotatable bonds is 18. The van der Waals surface area contributed by atoms with Crippen molar-refractivity contribution in [3.63, 3.8) is 0 Å². The third-order valence-corrected chi connectivity index (χ3v) is 10.1. The van der Waals surface area contributed by atoms with Crippen molar-refractivity contribution >= 4 is 67.8 Å². The lowest BCUT2D eigenvalue weighted by atomic mass is 10.1. The Labute approximate surface area is 337 Å². The lowest BCUT2D eigenvalue weighted by Crippen LogP contribution is -2.27. The number of hydrogen-bond acceptors (Lipinski definition) is 16. The maximum atomic E-state index is 11.7. The fourth-order valence-corrected chi connectivity index (χ4v) is 6.67. The normalized spacial score (nSPS) is 10.8. The minimum absolute atomic E-state index is 0.177. The van der Waals surface area contributed by atoms with Crippen LogP contribution in [0.2, 0.25) is 0 Å². The van der Waals surface area contributed by atoms with Gasteiger partial charge in [-0.1, -0.05) is 13.3 Å². The predicted octanol–water partition coefficient (Wildman–Crippen LogP) is 10.4. The van der Waals surface area contributed by atoms with E-state index in [0.29, 0.717) is 71.7 Å². The fourth-order valence-electron chi connectivity index (χ4n) is 5.31. The average Bonchev–Trinajstić information content (AvgIpc) is 3.74. The van der Waals surface area contributed by atoms with Crippen LogP contribution in [0.5, 0.6) is 0 Å². The van der Waals surface area contributed by atoms with Crippen LogP contribution in [0, 0.1) is 50.4 Å². The van der Waals surface area contributed by atoms with E-state index in [4.69, 9.17) is 14.7 Å². The highest BCUT2D eigenvalue weighted by atomic mass is 32.1. The minimum Gasteiger partial charge on any atom is -0.466 e. The lowest BCUT2D eigenvalue weighted by molar-refractivity contribution is -0.143. The van der Waals surface area contributed by atoms with Crippen LogP contribution in [-0.2, 0) is 19.1 Å². The van der Waals surface area contributed by atoms with Crippen molar-refractivity contribution in [3.05, 3.63) is 70.0 Å². The standard InChI is InChI=1S/C21H27N5O2S.C19H23N5O2S/c1-5-7-11-26(12-10-20(27)28-6-2)17-8-9-19(15(3)13-17)23-24-21-18(14-22)16(4)25-29-21;1-5-24(10-9-18(25)26-6-2)15-7-8-17(13(3)11-15)21-22-19-16(12-20)14(4)23-27-19/h8-9,13H,5-7,10-12H2,1-4H3;7-8,11H,5-6,9-10H2,1-4H3. The number of nitrogens with zero attached hydrogens (tertiary/aromatic N) is 10. The monoisotopic (exact) mass is 798 g/mol. The molecule has 0 radical (unpaired) electrons. The van der Waals surface area contributed by atoms with Crippen molar-refractivity contribution in [1.29, 1.82) is 10.5 Å². The first-order valence-electron chi connectivity index (χ1n) is 18.6. The Morgan fingerprint density at radius 1 is 0.679 bits per heavy atom. The summed E-state index contributed by atoms with van der Waals surface area (Å²) in [6, 6.07) is 16.1. The van der Waals surface area contributed by atoms with E-state index < -0.39 is 0 Å². The van der Waals surface area contributed by atoms with Crippen molar-refractivity contribution in [2.45, 2.75) is 81.1 Å². The van der Waals surface area contributed by atoms with E-state index >= 15 is 0 Å². The minimum atomic E-state index is -0.189. The van der Waals surface area contributed by atoms with E-state index in [1.54, 1.807) is 20.8 Å². The molecule has 2 aromatic carbocycles. The molecule has 0 bridgehead atoms. The van der Waals surface area contributed by atoms with Gasteiger partial charge in [0.1, 0.15) is 23.3 Å². The van der Waals surface area contributed by atoms with E-state index in [1.807, 2.05) is 58.0 Å². The summed E-state index contributed by atoms with van der Waals surface area (Å²) >= 11 is 2.34. The molecular weight excluding hydrogens is 749 g/mol. The van der Waals surface area contributed by atoms with Gasteiger partial charge in [-0.15, -0.1) is 20.5 Å². The first-order valence-corrected chi connectivity index (χ1v) is 20.1. The van der Waals surface area contributed by atoms with Gasteiger partial charge in [-0.3, -0.25) is 9.59 Å². The Morgan fingerprint density at radius 2 is 1.12 bits per heavy atom. The van der Waals surface area contributed by atoms with Crippen LogP contribution in [0.4, 0.5) is 32.8 Å². The number of ether oxygens (including phenoxy) is 2. The van der Waals surface area contributed by atoms with Crippen LogP contribution >= 0.6 is 23.1 Å². The Hall–Kier alpha value is -5.58. The molecule has 16 heteroatoms. The second-order valence-corrected chi connectivity index (χ2v) is 14.0. The van der Waals surface area contributed by atoms with Crippen molar-refractivity contribution in [1.82, 2.24) is 8.75 Å². The molecule has 0 saturated heterocycles. The zero-order valence-electron chi connectivity index (χ0n) is 33.5. The second-order valence-electron chi connectivity index (χ2n) is 12.5. The number of azo groups is 2. The molecule has 0 spiro atoms. The second kappa shape index (κ2) is 23.4. The molecule has 14 nitrogen and oxygen atoms in total. The first kappa shape index (κ1) is 44.8.